The Morgan fingerprint density at radius 2 is 1.76 bits per heavy atom. The number of hydrogen-bond donors (Lipinski definition) is 2. The second-order valence-electron chi connectivity index (χ2n) is 14.8. The van der Waals surface area contributed by atoms with Gasteiger partial charge in [0.05, 0.1) is 22.8 Å². The van der Waals surface area contributed by atoms with E-state index in [1.54, 1.807) is 11.3 Å². The predicted octanol–water partition coefficient (Wildman–Crippen LogP) is 5.08. The van der Waals surface area contributed by atoms with Crippen molar-refractivity contribution in [1.82, 2.24) is 20.1 Å². The number of sulfone groups is 1. The highest BCUT2D eigenvalue weighted by atomic mass is 32.2. The molecule has 7 rings (SSSR count). The lowest BCUT2D eigenvalue weighted by Gasteiger charge is -2.37. The number of Topliss-reactive ketones (excluding diaryl/α,β-unsaturated/α-hetero) is 1. The molecule has 1 aromatic carbocycles. The molecule has 2 N–H and O–H groups in total. The smallest absolute Gasteiger partial charge is 0.223 e. The largest absolute Gasteiger partial charge is 0.353 e. The Bertz CT molecular complexity index is 1730. The average Bonchev–Trinajstić information content (AvgIpc) is 3.78. The van der Waals surface area contributed by atoms with Crippen molar-refractivity contribution in [3.05, 3.63) is 45.8 Å². The third-order valence-corrected chi connectivity index (χ3v) is 14.1. The number of aryl methyl sites for hydroxylation is 2. The van der Waals surface area contributed by atoms with Crippen LogP contribution in [-0.2, 0) is 20.0 Å². The van der Waals surface area contributed by atoms with Crippen LogP contribution in [-0.4, -0.2) is 91.2 Å². The summed E-state index contributed by atoms with van der Waals surface area (Å²) < 4.78 is 24.0. The molecule has 45 heavy (non-hydrogen) atoms. The van der Waals surface area contributed by atoms with E-state index in [1.807, 2.05) is 0 Å². The fraction of sp³-hybridized carbons (Fsp3) is 0.600. The van der Waals surface area contributed by atoms with Gasteiger partial charge in [-0.1, -0.05) is 31.0 Å². The number of amides is 1. The summed E-state index contributed by atoms with van der Waals surface area (Å²) in [7, 11) is -2.89. The van der Waals surface area contributed by atoms with E-state index in [0.717, 1.165) is 78.9 Å². The Kier molecular flexibility index (Phi) is 8.02. The summed E-state index contributed by atoms with van der Waals surface area (Å²) in [6.07, 6.45) is 4.21. The molecule has 1 amide bonds. The highest BCUT2D eigenvalue weighted by Gasteiger charge is 2.49. The van der Waals surface area contributed by atoms with Crippen LogP contribution in [0, 0.1) is 25.7 Å². The number of thiophene rings is 1. The molecule has 0 radical (unpaired) electrons. The van der Waals surface area contributed by atoms with Crippen LogP contribution in [0.25, 0.3) is 21.5 Å². The van der Waals surface area contributed by atoms with Gasteiger partial charge in [-0.3, -0.25) is 14.5 Å². The van der Waals surface area contributed by atoms with Crippen LogP contribution in [0.15, 0.2) is 24.3 Å². The summed E-state index contributed by atoms with van der Waals surface area (Å²) in [6.45, 7) is 12.9. The first-order valence-electron chi connectivity index (χ1n) is 16.6. The zero-order valence-electron chi connectivity index (χ0n) is 26.9. The van der Waals surface area contributed by atoms with Crippen molar-refractivity contribution in [1.29, 1.82) is 0 Å². The number of piperidine rings is 1. The lowest BCUT2D eigenvalue weighted by molar-refractivity contribution is -0.124. The summed E-state index contributed by atoms with van der Waals surface area (Å²) in [5.74, 6) is 1.49. The Balaban J connectivity index is 1.11. The molecule has 4 unspecified atom stereocenters. The molecule has 8 nitrogen and oxygen atoms in total. The number of aromatic amines is 1. The van der Waals surface area contributed by atoms with Crippen molar-refractivity contribution in [2.45, 2.75) is 77.3 Å². The number of H-pyrrole nitrogens is 1. The third kappa shape index (κ3) is 6.03. The number of hydrogen-bond acceptors (Lipinski definition) is 7. The van der Waals surface area contributed by atoms with Crippen LogP contribution in [0.3, 0.4) is 0 Å². The Morgan fingerprint density at radius 3 is 2.38 bits per heavy atom. The number of nitrogens with zero attached hydrogens (tertiary/aromatic N) is 2. The van der Waals surface area contributed by atoms with Gasteiger partial charge in [0.15, 0.2) is 15.6 Å². The van der Waals surface area contributed by atoms with Crippen molar-refractivity contribution >= 4 is 43.1 Å². The zero-order chi connectivity index (χ0) is 31.7. The average molecular weight is 651 g/mol. The van der Waals surface area contributed by atoms with Gasteiger partial charge in [0.1, 0.15) is 4.83 Å². The molecule has 3 saturated heterocycles. The number of aromatic nitrogens is 1. The number of carbonyl (C=O) groups excluding carboxylic acids is 2. The standard InChI is InChI=1S/C35H46N4O4S2/c1-21-15-22(2)17-23(16-21)32-31(29(40)7-9-38-10-12-39(13-11-38)24-8-14-45(42,43)20-24)26-18-30(44-34(26)37-32)35(3,4)19-27-25-5-6-28(27)36-33(25)41/h15-18,24-25,27-28,37H,5-14,19-20H2,1-4H3,(H,36,41). The van der Waals surface area contributed by atoms with Crippen molar-refractivity contribution in [2.75, 3.05) is 44.2 Å². The zero-order valence-corrected chi connectivity index (χ0v) is 28.6. The molecular weight excluding hydrogens is 605 g/mol. The van der Waals surface area contributed by atoms with Crippen molar-refractivity contribution < 1.29 is 18.0 Å². The molecule has 1 saturated carbocycles. The lowest BCUT2D eigenvalue weighted by atomic mass is 9.78. The molecule has 3 aliphatic heterocycles. The summed E-state index contributed by atoms with van der Waals surface area (Å²) >= 11 is 1.75. The summed E-state index contributed by atoms with van der Waals surface area (Å²) in [5, 5.41) is 4.21. The maximum atomic E-state index is 14.2. The van der Waals surface area contributed by atoms with Crippen LogP contribution >= 0.6 is 11.3 Å². The van der Waals surface area contributed by atoms with Crippen LogP contribution in [0.1, 0.15) is 72.3 Å². The van der Waals surface area contributed by atoms with Gasteiger partial charge in [0.25, 0.3) is 0 Å². The SMILES string of the molecule is Cc1cc(C)cc(-c2[nH]c3sc(C(C)(C)CC4C5CCC4C(=O)N5)cc3c2C(=O)CCN2CCN(C3CCS(=O)(=O)C3)CC2)c1. The fourth-order valence-electron chi connectivity index (χ4n) is 8.58. The predicted molar refractivity (Wildman–Crippen MR) is 181 cm³/mol. The topological polar surface area (TPSA) is 103 Å². The van der Waals surface area contributed by atoms with E-state index < -0.39 is 9.84 Å². The third-order valence-electron chi connectivity index (χ3n) is 11.0. The summed E-state index contributed by atoms with van der Waals surface area (Å²) in [5.41, 5.74) is 4.98. The minimum atomic E-state index is -2.89. The highest BCUT2D eigenvalue weighted by Crippen LogP contribution is 2.48. The Hall–Kier alpha value is -2.53. The number of piperazine rings is 1. The van der Waals surface area contributed by atoms with Gasteiger partial charge in [-0.2, -0.15) is 0 Å². The van der Waals surface area contributed by atoms with Gasteiger partial charge in [-0.15, -0.1) is 11.3 Å². The minimum Gasteiger partial charge on any atom is -0.353 e. The first kappa shape index (κ1) is 31.1. The highest BCUT2D eigenvalue weighted by molar-refractivity contribution is 7.91. The lowest BCUT2D eigenvalue weighted by Crippen LogP contribution is -2.51. The van der Waals surface area contributed by atoms with Gasteiger partial charge < -0.3 is 15.2 Å². The van der Waals surface area contributed by atoms with Gasteiger partial charge in [-0.25, -0.2) is 8.42 Å². The van der Waals surface area contributed by atoms with Crippen molar-refractivity contribution in [2.24, 2.45) is 11.8 Å². The maximum absolute atomic E-state index is 14.2. The van der Waals surface area contributed by atoms with Crippen LogP contribution in [0.5, 0.6) is 0 Å². The minimum absolute atomic E-state index is 0.110. The number of rotatable bonds is 9. The first-order chi connectivity index (χ1) is 21.4. The monoisotopic (exact) mass is 650 g/mol. The Labute approximate surface area is 270 Å². The second-order valence-corrected chi connectivity index (χ2v) is 18.0. The van der Waals surface area contributed by atoms with Crippen molar-refractivity contribution in [3.8, 4) is 11.3 Å². The number of ketones is 1. The van der Waals surface area contributed by atoms with Crippen LogP contribution in [0.4, 0.5) is 0 Å². The van der Waals surface area contributed by atoms with Crippen molar-refractivity contribution in [3.63, 3.8) is 0 Å². The first-order valence-corrected chi connectivity index (χ1v) is 19.3. The molecule has 4 atom stereocenters. The molecule has 5 heterocycles. The molecule has 2 bridgehead atoms. The molecule has 4 aliphatic rings. The van der Waals surface area contributed by atoms with E-state index in [0.29, 0.717) is 30.7 Å². The molecule has 1 aliphatic carbocycles. The van der Waals surface area contributed by atoms with Gasteiger partial charge in [0, 0.05) is 67.4 Å². The Morgan fingerprint density at radius 1 is 1.02 bits per heavy atom. The molecular formula is C35H46N4O4S2. The number of benzene rings is 1. The quantitative estimate of drug-likeness (QED) is 0.313. The normalized spacial score (nSPS) is 27.1. The van der Waals surface area contributed by atoms with Crippen LogP contribution < -0.4 is 5.32 Å². The van der Waals surface area contributed by atoms with E-state index in [-0.39, 0.29) is 34.8 Å². The number of fused-ring (bicyclic) bond motifs is 3. The van der Waals surface area contributed by atoms with E-state index in [4.69, 9.17) is 0 Å². The molecule has 2 aromatic heterocycles. The van der Waals surface area contributed by atoms with Gasteiger partial charge >= 0.3 is 0 Å². The molecule has 3 aromatic rings. The molecule has 10 heteroatoms. The summed E-state index contributed by atoms with van der Waals surface area (Å²) in [4.78, 5) is 37.2. The molecule has 242 valence electrons. The second kappa shape index (κ2) is 11.6. The van der Waals surface area contributed by atoms with E-state index >= 15 is 0 Å². The summed E-state index contributed by atoms with van der Waals surface area (Å²) in [6, 6.07) is 9.17. The van der Waals surface area contributed by atoms with Gasteiger partial charge in [0.2, 0.25) is 5.91 Å². The number of carbonyl (C=O) groups is 2. The van der Waals surface area contributed by atoms with E-state index in [9.17, 15) is 18.0 Å². The molecule has 4 fully saturated rings. The van der Waals surface area contributed by atoms with E-state index in [2.05, 4.69) is 72.1 Å². The number of nitrogens with one attached hydrogen (secondary N) is 2. The van der Waals surface area contributed by atoms with Gasteiger partial charge in [-0.05, 0) is 74.6 Å². The van der Waals surface area contributed by atoms with Crippen LogP contribution in [0.2, 0.25) is 0 Å². The van der Waals surface area contributed by atoms with E-state index in [1.165, 1.54) is 16.0 Å². The fourth-order valence-corrected chi connectivity index (χ4v) is 11.5. The maximum Gasteiger partial charge on any atom is 0.223 e. The molecule has 0 spiro atoms.